The number of nitrogens with one attached hydrogen (secondary N) is 1. The first-order chi connectivity index (χ1) is 12.3. The van der Waals surface area contributed by atoms with Crippen LogP contribution in [0.2, 0.25) is 0 Å². The summed E-state index contributed by atoms with van der Waals surface area (Å²) in [5.41, 5.74) is 3.37. The van der Waals surface area contributed by atoms with Gasteiger partial charge in [0, 0.05) is 11.3 Å². The van der Waals surface area contributed by atoms with Gasteiger partial charge in [-0.1, -0.05) is 42.5 Å². The van der Waals surface area contributed by atoms with Gasteiger partial charge in [-0.05, 0) is 53.9 Å². The fraction of sp³-hybridized carbons (Fsp3) is 0.0500. The molecular formula is C20H17NO4S. The summed E-state index contributed by atoms with van der Waals surface area (Å²) in [7, 11) is -4.27. The number of amides is 1. The third-order valence-electron chi connectivity index (χ3n) is 3.96. The van der Waals surface area contributed by atoms with E-state index in [0.717, 1.165) is 11.1 Å². The van der Waals surface area contributed by atoms with E-state index in [9.17, 15) is 13.2 Å². The minimum Gasteiger partial charge on any atom is -0.322 e. The molecule has 1 amide bonds. The van der Waals surface area contributed by atoms with Crippen molar-refractivity contribution in [3.05, 3.63) is 83.9 Å². The fourth-order valence-corrected chi connectivity index (χ4v) is 3.37. The van der Waals surface area contributed by atoms with Crippen LogP contribution < -0.4 is 5.32 Å². The summed E-state index contributed by atoms with van der Waals surface area (Å²) in [5, 5.41) is 2.72. The van der Waals surface area contributed by atoms with E-state index in [-0.39, 0.29) is 10.8 Å². The van der Waals surface area contributed by atoms with Crippen molar-refractivity contribution in [3.8, 4) is 11.1 Å². The number of hydrogen-bond acceptors (Lipinski definition) is 3. The molecule has 0 radical (unpaired) electrons. The Morgan fingerprint density at radius 3 is 2.08 bits per heavy atom. The van der Waals surface area contributed by atoms with E-state index >= 15 is 0 Å². The lowest BCUT2D eigenvalue weighted by atomic mass is 10.0. The van der Waals surface area contributed by atoms with Crippen LogP contribution in [0.15, 0.2) is 77.7 Å². The van der Waals surface area contributed by atoms with Crippen LogP contribution in [-0.2, 0) is 10.1 Å². The second-order valence-electron chi connectivity index (χ2n) is 5.85. The average molecular weight is 367 g/mol. The number of carbonyl (C=O) groups excluding carboxylic acids is 1. The van der Waals surface area contributed by atoms with Crippen LogP contribution in [0.25, 0.3) is 11.1 Å². The maximum absolute atomic E-state index is 12.4. The van der Waals surface area contributed by atoms with Crippen LogP contribution in [0.1, 0.15) is 15.9 Å². The molecular weight excluding hydrogens is 350 g/mol. The summed E-state index contributed by atoms with van der Waals surface area (Å²) >= 11 is 0. The summed E-state index contributed by atoms with van der Waals surface area (Å²) in [6, 6.07) is 21.2. The van der Waals surface area contributed by atoms with Crippen molar-refractivity contribution in [1.82, 2.24) is 0 Å². The molecule has 0 atom stereocenters. The maximum atomic E-state index is 12.4. The number of aryl methyl sites for hydroxylation is 1. The zero-order chi connectivity index (χ0) is 18.7. The molecule has 132 valence electrons. The number of carbonyl (C=O) groups is 1. The van der Waals surface area contributed by atoms with Crippen LogP contribution >= 0.6 is 0 Å². The summed E-state index contributed by atoms with van der Waals surface area (Å²) in [5.74, 6) is -0.302. The van der Waals surface area contributed by atoms with E-state index in [1.54, 1.807) is 19.1 Å². The molecule has 3 rings (SSSR count). The highest BCUT2D eigenvalue weighted by molar-refractivity contribution is 7.85. The molecule has 26 heavy (non-hydrogen) atoms. The zero-order valence-electron chi connectivity index (χ0n) is 14.0. The van der Waals surface area contributed by atoms with Crippen molar-refractivity contribution < 1.29 is 17.8 Å². The van der Waals surface area contributed by atoms with E-state index in [1.165, 1.54) is 18.2 Å². The lowest BCUT2D eigenvalue weighted by Gasteiger charge is -2.09. The SMILES string of the molecule is Cc1cc(NC(=O)c2ccc(-c3ccccc3)cc2)ccc1S(=O)(=O)O. The van der Waals surface area contributed by atoms with Gasteiger partial charge >= 0.3 is 0 Å². The summed E-state index contributed by atoms with van der Waals surface area (Å²) in [6.07, 6.45) is 0. The Balaban J connectivity index is 1.77. The molecule has 0 bridgehead atoms. The Labute approximate surface area is 152 Å². The molecule has 0 spiro atoms. The first-order valence-electron chi connectivity index (χ1n) is 7.89. The lowest BCUT2D eigenvalue weighted by Crippen LogP contribution is -2.12. The number of anilines is 1. The van der Waals surface area contributed by atoms with E-state index in [4.69, 9.17) is 4.55 Å². The van der Waals surface area contributed by atoms with Gasteiger partial charge in [-0.3, -0.25) is 9.35 Å². The van der Waals surface area contributed by atoms with Crippen molar-refractivity contribution >= 4 is 21.7 Å². The van der Waals surface area contributed by atoms with Gasteiger partial charge in [-0.15, -0.1) is 0 Å². The van der Waals surface area contributed by atoms with Crippen LogP contribution in [0.3, 0.4) is 0 Å². The second-order valence-corrected chi connectivity index (χ2v) is 7.24. The smallest absolute Gasteiger partial charge is 0.294 e. The third kappa shape index (κ3) is 3.99. The minimum atomic E-state index is -4.27. The van der Waals surface area contributed by atoms with Gasteiger partial charge in [-0.2, -0.15) is 8.42 Å². The molecule has 3 aromatic rings. The van der Waals surface area contributed by atoms with Gasteiger partial charge in [0.05, 0.1) is 4.90 Å². The Morgan fingerprint density at radius 2 is 1.50 bits per heavy atom. The highest BCUT2D eigenvalue weighted by atomic mass is 32.2. The largest absolute Gasteiger partial charge is 0.322 e. The van der Waals surface area contributed by atoms with Crippen LogP contribution in [0.4, 0.5) is 5.69 Å². The highest BCUT2D eigenvalue weighted by Crippen LogP contribution is 2.22. The lowest BCUT2D eigenvalue weighted by molar-refractivity contribution is 0.102. The van der Waals surface area contributed by atoms with Crippen molar-refractivity contribution in [2.24, 2.45) is 0 Å². The molecule has 0 aliphatic heterocycles. The number of hydrogen-bond donors (Lipinski definition) is 2. The van der Waals surface area contributed by atoms with E-state index in [1.807, 2.05) is 42.5 Å². The van der Waals surface area contributed by atoms with Crippen molar-refractivity contribution in [2.45, 2.75) is 11.8 Å². The summed E-state index contributed by atoms with van der Waals surface area (Å²) < 4.78 is 31.6. The van der Waals surface area contributed by atoms with Gasteiger partial charge in [0.25, 0.3) is 16.0 Å². The number of rotatable bonds is 4. The normalized spacial score (nSPS) is 11.2. The van der Waals surface area contributed by atoms with E-state index < -0.39 is 10.1 Å². The summed E-state index contributed by atoms with van der Waals surface area (Å²) in [4.78, 5) is 12.2. The van der Waals surface area contributed by atoms with Crippen molar-refractivity contribution in [3.63, 3.8) is 0 Å². The van der Waals surface area contributed by atoms with Gasteiger partial charge in [0.15, 0.2) is 0 Å². The topological polar surface area (TPSA) is 83.5 Å². The third-order valence-corrected chi connectivity index (χ3v) is 4.98. The molecule has 0 aromatic heterocycles. The Bertz CT molecular complexity index is 1040. The van der Waals surface area contributed by atoms with E-state index in [2.05, 4.69) is 5.32 Å². The summed E-state index contributed by atoms with van der Waals surface area (Å²) in [6.45, 7) is 1.55. The zero-order valence-corrected chi connectivity index (χ0v) is 14.8. The maximum Gasteiger partial charge on any atom is 0.294 e. The monoisotopic (exact) mass is 367 g/mol. The molecule has 0 aliphatic rings. The first-order valence-corrected chi connectivity index (χ1v) is 9.33. The van der Waals surface area contributed by atoms with Gasteiger partial charge in [0.1, 0.15) is 0 Å². The van der Waals surface area contributed by atoms with Crippen LogP contribution in [0, 0.1) is 6.92 Å². The van der Waals surface area contributed by atoms with Crippen LogP contribution in [0.5, 0.6) is 0 Å². The van der Waals surface area contributed by atoms with Crippen molar-refractivity contribution in [2.75, 3.05) is 5.32 Å². The second kappa shape index (κ2) is 7.11. The molecule has 0 saturated heterocycles. The molecule has 0 heterocycles. The van der Waals surface area contributed by atoms with Crippen LogP contribution in [-0.4, -0.2) is 18.9 Å². The molecule has 2 N–H and O–H groups in total. The van der Waals surface area contributed by atoms with Gasteiger partial charge in [0.2, 0.25) is 0 Å². The molecule has 0 unspecified atom stereocenters. The van der Waals surface area contributed by atoms with E-state index in [0.29, 0.717) is 16.8 Å². The molecule has 6 heteroatoms. The molecule has 0 fully saturated rings. The molecule has 3 aromatic carbocycles. The predicted molar refractivity (Wildman–Crippen MR) is 101 cm³/mol. The standard InChI is InChI=1S/C20H17NO4S/c1-14-13-18(11-12-19(14)26(23,24)25)21-20(22)17-9-7-16(8-10-17)15-5-3-2-4-6-15/h2-13H,1H3,(H,21,22)(H,23,24,25). The van der Waals surface area contributed by atoms with Gasteiger partial charge < -0.3 is 5.32 Å². The van der Waals surface area contributed by atoms with Gasteiger partial charge in [-0.25, -0.2) is 0 Å². The Morgan fingerprint density at radius 1 is 0.885 bits per heavy atom. The Hall–Kier alpha value is -2.96. The highest BCUT2D eigenvalue weighted by Gasteiger charge is 2.14. The first kappa shape index (κ1) is 17.8. The number of benzene rings is 3. The molecule has 0 aliphatic carbocycles. The quantitative estimate of drug-likeness (QED) is 0.678. The van der Waals surface area contributed by atoms with Crippen molar-refractivity contribution in [1.29, 1.82) is 0 Å². The molecule has 5 nitrogen and oxygen atoms in total. The minimum absolute atomic E-state index is 0.178. The predicted octanol–water partition coefficient (Wildman–Crippen LogP) is 4.16. The molecule has 0 saturated carbocycles. The Kier molecular flexibility index (Phi) is 4.88. The fourth-order valence-electron chi connectivity index (χ4n) is 2.66. The average Bonchev–Trinajstić information content (AvgIpc) is 2.61.